The molecule has 0 bridgehead atoms. The zero-order valence-electron chi connectivity index (χ0n) is 18.2. The van der Waals surface area contributed by atoms with Crippen molar-refractivity contribution in [1.82, 2.24) is 10.2 Å². The Morgan fingerprint density at radius 2 is 1.62 bits per heavy atom. The molecule has 0 spiro atoms. The standard InChI is InChI=1S/C25H34N2O2/c1-5-23(25(29)26-18-19(2)3)27(16-15-21-9-7-6-8-10-21)24(28)17-22-13-11-20(4)12-14-22/h6-14,19,23H,5,15-18H2,1-4H3,(H,26,29). The van der Waals surface area contributed by atoms with E-state index in [-0.39, 0.29) is 11.8 Å². The molecule has 1 N–H and O–H groups in total. The minimum absolute atomic E-state index is 0.00340. The molecule has 2 aromatic carbocycles. The lowest BCUT2D eigenvalue weighted by Gasteiger charge is -2.31. The van der Waals surface area contributed by atoms with E-state index in [1.807, 2.05) is 56.3 Å². The lowest BCUT2D eigenvalue weighted by Crippen LogP contribution is -2.51. The lowest BCUT2D eigenvalue weighted by molar-refractivity contribution is -0.140. The lowest BCUT2D eigenvalue weighted by atomic mass is 10.1. The van der Waals surface area contributed by atoms with Gasteiger partial charge in [0.1, 0.15) is 6.04 Å². The van der Waals surface area contributed by atoms with Crippen molar-refractivity contribution in [2.45, 2.75) is 53.0 Å². The van der Waals surface area contributed by atoms with Crippen LogP contribution < -0.4 is 5.32 Å². The summed E-state index contributed by atoms with van der Waals surface area (Å²) in [7, 11) is 0. The van der Waals surface area contributed by atoms with E-state index in [0.717, 1.165) is 17.5 Å². The Labute approximate surface area is 175 Å². The summed E-state index contributed by atoms with van der Waals surface area (Å²) in [5.74, 6) is 0.306. The van der Waals surface area contributed by atoms with Crippen LogP contribution in [0, 0.1) is 12.8 Å². The zero-order valence-corrected chi connectivity index (χ0v) is 18.2. The van der Waals surface area contributed by atoms with Crippen molar-refractivity contribution in [3.63, 3.8) is 0 Å². The predicted octanol–water partition coefficient (Wildman–Crippen LogP) is 4.16. The monoisotopic (exact) mass is 394 g/mol. The number of benzene rings is 2. The minimum Gasteiger partial charge on any atom is -0.354 e. The molecular formula is C25H34N2O2. The molecule has 4 nitrogen and oxygen atoms in total. The maximum Gasteiger partial charge on any atom is 0.242 e. The molecule has 0 heterocycles. The molecule has 0 fully saturated rings. The Balaban J connectivity index is 2.16. The predicted molar refractivity (Wildman–Crippen MR) is 119 cm³/mol. The first kappa shape index (κ1) is 22.7. The molecule has 0 aliphatic carbocycles. The molecule has 0 aliphatic rings. The van der Waals surface area contributed by atoms with E-state index in [1.165, 1.54) is 5.56 Å². The summed E-state index contributed by atoms with van der Waals surface area (Å²) in [6, 6.07) is 17.7. The van der Waals surface area contributed by atoms with Crippen LogP contribution in [-0.4, -0.2) is 35.8 Å². The number of aryl methyl sites for hydroxylation is 1. The fourth-order valence-corrected chi connectivity index (χ4v) is 3.30. The molecule has 4 heteroatoms. The molecule has 0 saturated carbocycles. The van der Waals surface area contributed by atoms with Crippen LogP contribution in [0.5, 0.6) is 0 Å². The third kappa shape index (κ3) is 7.37. The molecule has 1 unspecified atom stereocenters. The van der Waals surface area contributed by atoms with Crippen LogP contribution in [0.15, 0.2) is 54.6 Å². The summed E-state index contributed by atoms with van der Waals surface area (Å²) in [5, 5.41) is 3.01. The summed E-state index contributed by atoms with van der Waals surface area (Å²) >= 11 is 0. The van der Waals surface area contributed by atoms with Gasteiger partial charge in [-0.2, -0.15) is 0 Å². The zero-order chi connectivity index (χ0) is 21.2. The Kier molecular flexibility index (Phi) is 8.91. The van der Waals surface area contributed by atoms with Gasteiger partial charge in [0.2, 0.25) is 11.8 Å². The SMILES string of the molecule is CCC(C(=O)NCC(C)C)N(CCc1ccccc1)C(=O)Cc1ccc(C)cc1. The second-order valence-electron chi connectivity index (χ2n) is 8.05. The van der Waals surface area contributed by atoms with Gasteiger partial charge in [-0.05, 0) is 36.8 Å². The third-order valence-electron chi connectivity index (χ3n) is 5.03. The van der Waals surface area contributed by atoms with Crippen LogP contribution in [-0.2, 0) is 22.4 Å². The van der Waals surface area contributed by atoms with Gasteiger partial charge in [0.25, 0.3) is 0 Å². The van der Waals surface area contributed by atoms with Gasteiger partial charge in [-0.25, -0.2) is 0 Å². The summed E-state index contributed by atoms with van der Waals surface area (Å²) < 4.78 is 0. The van der Waals surface area contributed by atoms with Crippen molar-refractivity contribution >= 4 is 11.8 Å². The molecule has 1 atom stereocenters. The van der Waals surface area contributed by atoms with E-state index in [9.17, 15) is 9.59 Å². The van der Waals surface area contributed by atoms with E-state index >= 15 is 0 Å². The highest BCUT2D eigenvalue weighted by Gasteiger charge is 2.28. The topological polar surface area (TPSA) is 49.4 Å². The summed E-state index contributed by atoms with van der Waals surface area (Å²) in [6.07, 6.45) is 1.63. The van der Waals surface area contributed by atoms with Crippen molar-refractivity contribution in [2.24, 2.45) is 5.92 Å². The summed E-state index contributed by atoms with van der Waals surface area (Å²) in [6.45, 7) is 9.28. The average Bonchev–Trinajstić information content (AvgIpc) is 2.71. The second kappa shape index (κ2) is 11.4. The Hall–Kier alpha value is -2.62. The molecule has 0 aliphatic heterocycles. The highest BCUT2D eigenvalue weighted by molar-refractivity contribution is 5.88. The first-order chi connectivity index (χ1) is 13.9. The van der Waals surface area contributed by atoms with Gasteiger partial charge in [-0.3, -0.25) is 9.59 Å². The number of carbonyl (C=O) groups is 2. The largest absolute Gasteiger partial charge is 0.354 e. The molecular weight excluding hydrogens is 360 g/mol. The Morgan fingerprint density at radius 1 is 0.966 bits per heavy atom. The molecule has 2 amide bonds. The van der Waals surface area contributed by atoms with Crippen molar-refractivity contribution < 1.29 is 9.59 Å². The number of hydrogen-bond acceptors (Lipinski definition) is 2. The highest BCUT2D eigenvalue weighted by Crippen LogP contribution is 2.13. The highest BCUT2D eigenvalue weighted by atomic mass is 16.2. The van der Waals surface area contributed by atoms with Crippen LogP contribution in [0.3, 0.4) is 0 Å². The molecule has 2 aromatic rings. The molecule has 0 saturated heterocycles. The second-order valence-corrected chi connectivity index (χ2v) is 8.05. The van der Waals surface area contributed by atoms with Crippen LogP contribution in [0.2, 0.25) is 0 Å². The molecule has 2 rings (SSSR count). The van der Waals surface area contributed by atoms with E-state index in [2.05, 4.69) is 31.3 Å². The number of nitrogens with one attached hydrogen (secondary N) is 1. The van der Waals surface area contributed by atoms with Crippen molar-refractivity contribution in [3.05, 3.63) is 71.3 Å². The fourth-order valence-electron chi connectivity index (χ4n) is 3.30. The average molecular weight is 395 g/mol. The molecule has 29 heavy (non-hydrogen) atoms. The number of hydrogen-bond donors (Lipinski definition) is 1. The van der Waals surface area contributed by atoms with Gasteiger partial charge in [0.15, 0.2) is 0 Å². The van der Waals surface area contributed by atoms with Gasteiger partial charge in [0.05, 0.1) is 6.42 Å². The number of carbonyl (C=O) groups excluding carboxylic acids is 2. The van der Waals surface area contributed by atoms with Gasteiger partial charge < -0.3 is 10.2 Å². The summed E-state index contributed by atoms with van der Waals surface area (Å²) in [4.78, 5) is 27.8. The van der Waals surface area contributed by atoms with Crippen LogP contribution in [0.4, 0.5) is 0 Å². The van der Waals surface area contributed by atoms with Gasteiger partial charge in [-0.1, -0.05) is 80.9 Å². The van der Waals surface area contributed by atoms with Gasteiger partial charge in [0, 0.05) is 13.1 Å². The third-order valence-corrected chi connectivity index (χ3v) is 5.03. The molecule has 0 radical (unpaired) electrons. The number of amides is 2. The van der Waals surface area contributed by atoms with Gasteiger partial charge >= 0.3 is 0 Å². The van der Waals surface area contributed by atoms with E-state index < -0.39 is 6.04 Å². The van der Waals surface area contributed by atoms with E-state index in [0.29, 0.717) is 31.8 Å². The van der Waals surface area contributed by atoms with Crippen LogP contribution >= 0.6 is 0 Å². The van der Waals surface area contributed by atoms with Gasteiger partial charge in [-0.15, -0.1) is 0 Å². The number of nitrogens with zero attached hydrogens (tertiary/aromatic N) is 1. The summed E-state index contributed by atoms with van der Waals surface area (Å²) in [5.41, 5.74) is 3.31. The minimum atomic E-state index is -0.449. The van der Waals surface area contributed by atoms with Crippen molar-refractivity contribution in [3.8, 4) is 0 Å². The van der Waals surface area contributed by atoms with E-state index in [1.54, 1.807) is 4.90 Å². The van der Waals surface area contributed by atoms with Crippen molar-refractivity contribution in [2.75, 3.05) is 13.1 Å². The molecule has 156 valence electrons. The molecule has 0 aromatic heterocycles. The Morgan fingerprint density at radius 3 is 2.21 bits per heavy atom. The normalized spacial score (nSPS) is 11.9. The number of rotatable bonds is 10. The van der Waals surface area contributed by atoms with E-state index in [4.69, 9.17) is 0 Å². The first-order valence-corrected chi connectivity index (χ1v) is 10.6. The van der Waals surface area contributed by atoms with Crippen molar-refractivity contribution in [1.29, 1.82) is 0 Å². The Bertz CT molecular complexity index is 769. The maximum atomic E-state index is 13.2. The smallest absolute Gasteiger partial charge is 0.242 e. The quantitative estimate of drug-likeness (QED) is 0.658. The maximum absolute atomic E-state index is 13.2. The van der Waals surface area contributed by atoms with Crippen LogP contribution in [0.1, 0.15) is 43.9 Å². The first-order valence-electron chi connectivity index (χ1n) is 10.6. The van der Waals surface area contributed by atoms with Crippen LogP contribution in [0.25, 0.3) is 0 Å². The fraction of sp³-hybridized carbons (Fsp3) is 0.440.